The van der Waals surface area contributed by atoms with Gasteiger partial charge < -0.3 is 5.73 Å². The van der Waals surface area contributed by atoms with Gasteiger partial charge in [-0.25, -0.2) is 4.79 Å². The summed E-state index contributed by atoms with van der Waals surface area (Å²) in [5.41, 5.74) is 4.86. The van der Waals surface area contributed by atoms with E-state index in [4.69, 9.17) is 5.73 Å². The molecule has 5 heteroatoms. The molecule has 0 saturated carbocycles. The standard InChI is InChI=1S/C8H13N3O2/c1-3-10-5-6(9)7(12)11(4-2)8(10)13/h5H,3-4,9H2,1-2H3. The third-order valence-electron chi connectivity index (χ3n) is 1.92. The largest absolute Gasteiger partial charge is 0.393 e. The Morgan fingerprint density at radius 2 is 1.92 bits per heavy atom. The van der Waals surface area contributed by atoms with Crippen molar-refractivity contribution in [3.05, 3.63) is 27.0 Å². The van der Waals surface area contributed by atoms with E-state index >= 15 is 0 Å². The van der Waals surface area contributed by atoms with Crippen molar-refractivity contribution in [2.75, 3.05) is 5.73 Å². The van der Waals surface area contributed by atoms with E-state index in [1.54, 1.807) is 6.92 Å². The topological polar surface area (TPSA) is 70.0 Å². The van der Waals surface area contributed by atoms with Crippen LogP contribution in [0.4, 0.5) is 5.69 Å². The molecule has 1 aromatic rings. The summed E-state index contributed by atoms with van der Waals surface area (Å²) in [6.45, 7) is 4.43. The van der Waals surface area contributed by atoms with Crippen LogP contribution in [-0.4, -0.2) is 9.13 Å². The number of nitrogens with zero attached hydrogens (tertiary/aromatic N) is 2. The molecule has 0 fully saturated rings. The van der Waals surface area contributed by atoms with E-state index in [2.05, 4.69) is 0 Å². The van der Waals surface area contributed by atoms with Crippen LogP contribution < -0.4 is 17.0 Å². The Labute approximate surface area is 75.4 Å². The van der Waals surface area contributed by atoms with E-state index in [-0.39, 0.29) is 11.4 Å². The van der Waals surface area contributed by atoms with Crippen molar-refractivity contribution in [3.8, 4) is 0 Å². The Kier molecular flexibility index (Phi) is 2.55. The van der Waals surface area contributed by atoms with Crippen LogP contribution in [0.2, 0.25) is 0 Å². The van der Waals surface area contributed by atoms with Gasteiger partial charge >= 0.3 is 5.69 Å². The molecular formula is C8H13N3O2. The number of hydrogen-bond acceptors (Lipinski definition) is 3. The third kappa shape index (κ3) is 1.49. The van der Waals surface area contributed by atoms with Crippen LogP contribution in [0.15, 0.2) is 15.8 Å². The highest BCUT2D eigenvalue weighted by atomic mass is 16.2. The summed E-state index contributed by atoms with van der Waals surface area (Å²) in [4.78, 5) is 22.8. The normalized spacial score (nSPS) is 10.3. The average molecular weight is 183 g/mol. The van der Waals surface area contributed by atoms with E-state index in [1.165, 1.54) is 10.8 Å². The zero-order chi connectivity index (χ0) is 10.0. The minimum atomic E-state index is -0.405. The Morgan fingerprint density at radius 3 is 2.38 bits per heavy atom. The quantitative estimate of drug-likeness (QED) is 0.680. The molecule has 0 spiro atoms. The van der Waals surface area contributed by atoms with Gasteiger partial charge in [-0.1, -0.05) is 0 Å². The van der Waals surface area contributed by atoms with Crippen LogP contribution in [0.1, 0.15) is 13.8 Å². The highest BCUT2D eigenvalue weighted by molar-refractivity contribution is 5.30. The summed E-state index contributed by atoms with van der Waals surface area (Å²) < 4.78 is 2.54. The molecule has 13 heavy (non-hydrogen) atoms. The molecule has 0 aliphatic rings. The van der Waals surface area contributed by atoms with Gasteiger partial charge in [0.25, 0.3) is 5.56 Å². The summed E-state index contributed by atoms with van der Waals surface area (Å²) >= 11 is 0. The summed E-state index contributed by atoms with van der Waals surface area (Å²) in [7, 11) is 0. The molecule has 72 valence electrons. The highest BCUT2D eigenvalue weighted by Crippen LogP contribution is 1.88. The predicted molar refractivity (Wildman–Crippen MR) is 50.7 cm³/mol. The Balaban J connectivity index is 3.58. The van der Waals surface area contributed by atoms with E-state index in [0.29, 0.717) is 13.1 Å². The van der Waals surface area contributed by atoms with Crippen molar-refractivity contribution in [1.29, 1.82) is 0 Å². The van der Waals surface area contributed by atoms with E-state index in [0.717, 1.165) is 4.57 Å². The first-order chi connectivity index (χ1) is 6.11. The van der Waals surface area contributed by atoms with Crippen molar-refractivity contribution in [2.24, 2.45) is 0 Å². The van der Waals surface area contributed by atoms with Gasteiger partial charge in [0.1, 0.15) is 5.69 Å². The monoisotopic (exact) mass is 183 g/mol. The van der Waals surface area contributed by atoms with Crippen LogP contribution in [-0.2, 0) is 13.1 Å². The lowest BCUT2D eigenvalue weighted by Crippen LogP contribution is -2.39. The van der Waals surface area contributed by atoms with Crippen molar-refractivity contribution >= 4 is 5.69 Å². The molecule has 0 unspecified atom stereocenters. The fraction of sp³-hybridized carbons (Fsp3) is 0.500. The van der Waals surface area contributed by atoms with Crippen molar-refractivity contribution < 1.29 is 0 Å². The molecule has 2 N–H and O–H groups in total. The van der Waals surface area contributed by atoms with Crippen molar-refractivity contribution in [3.63, 3.8) is 0 Å². The SMILES string of the molecule is CCn1cc(N)c(=O)n(CC)c1=O. The number of anilines is 1. The van der Waals surface area contributed by atoms with Crippen LogP contribution in [0.3, 0.4) is 0 Å². The van der Waals surface area contributed by atoms with Gasteiger partial charge in [0.15, 0.2) is 0 Å². The van der Waals surface area contributed by atoms with Gasteiger partial charge in [-0.05, 0) is 13.8 Å². The fourth-order valence-electron chi connectivity index (χ4n) is 1.18. The van der Waals surface area contributed by atoms with Crippen LogP contribution in [0.5, 0.6) is 0 Å². The van der Waals surface area contributed by atoms with Crippen molar-refractivity contribution in [2.45, 2.75) is 26.9 Å². The molecule has 1 heterocycles. The van der Waals surface area contributed by atoms with Crippen LogP contribution in [0, 0.1) is 0 Å². The van der Waals surface area contributed by atoms with Crippen LogP contribution >= 0.6 is 0 Å². The number of aryl methyl sites for hydroxylation is 1. The predicted octanol–water partition coefficient (Wildman–Crippen LogP) is -0.368. The minimum Gasteiger partial charge on any atom is -0.393 e. The van der Waals surface area contributed by atoms with Gasteiger partial charge in [0.05, 0.1) is 0 Å². The lowest BCUT2D eigenvalue weighted by Gasteiger charge is -2.07. The molecule has 5 nitrogen and oxygen atoms in total. The fourth-order valence-corrected chi connectivity index (χ4v) is 1.18. The number of hydrogen-bond donors (Lipinski definition) is 1. The molecule has 0 aliphatic heterocycles. The molecule has 0 radical (unpaired) electrons. The lowest BCUT2D eigenvalue weighted by atomic mass is 10.5. The first kappa shape index (κ1) is 9.57. The Hall–Kier alpha value is -1.52. The zero-order valence-corrected chi connectivity index (χ0v) is 7.78. The second kappa shape index (κ2) is 3.47. The van der Waals surface area contributed by atoms with Gasteiger partial charge in [0, 0.05) is 19.3 Å². The molecule has 1 rings (SSSR count). The number of nitrogens with two attached hydrogens (primary N) is 1. The maximum absolute atomic E-state index is 11.5. The lowest BCUT2D eigenvalue weighted by molar-refractivity contribution is 0.590. The second-order valence-electron chi connectivity index (χ2n) is 2.70. The molecule has 0 aliphatic carbocycles. The number of rotatable bonds is 2. The van der Waals surface area contributed by atoms with Gasteiger partial charge in [-0.15, -0.1) is 0 Å². The summed E-state index contributed by atoms with van der Waals surface area (Å²) in [5.74, 6) is 0. The van der Waals surface area contributed by atoms with E-state index in [1.807, 2.05) is 6.92 Å². The van der Waals surface area contributed by atoms with Crippen molar-refractivity contribution in [1.82, 2.24) is 9.13 Å². The molecular weight excluding hydrogens is 170 g/mol. The number of nitrogen functional groups attached to an aromatic ring is 1. The Bertz CT molecular complexity index is 416. The minimum absolute atomic E-state index is 0.114. The summed E-state index contributed by atoms with van der Waals surface area (Å²) in [6.07, 6.45) is 1.39. The first-order valence-corrected chi connectivity index (χ1v) is 4.21. The molecule has 0 saturated heterocycles. The maximum atomic E-state index is 11.5. The maximum Gasteiger partial charge on any atom is 0.331 e. The van der Waals surface area contributed by atoms with Gasteiger partial charge in [-0.2, -0.15) is 0 Å². The molecule has 0 atom stereocenters. The van der Waals surface area contributed by atoms with E-state index < -0.39 is 5.56 Å². The third-order valence-corrected chi connectivity index (χ3v) is 1.92. The average Bonchev–Trinajstić information content (AvgIpc) is 2.12. The van der Waals surface area contributed by atoms with Crippen LogP contribution in [0.25, 0.3) is 0 Å². The second-order valence-corrected chi connectivity index (χ2v) is 2.70. The highest BCUT2D eigenvalue weighted by Gasteiger charge is 2.05. The van der Waals surface area contributed by atoms with Gasteiger partial charge in [-0.3, -0.25) is 13.9 Å². The molecule has 0 bridgehead atoms. The first-order valence-electron chi connectivity index (χ1n) is 4.21. The smallest absolute Gasteiger partial charge is 0.331 e. The number of aromatic nitrogens is 2. The zero-order valence-electron chi connectivity index (χ0n) is 7.78. The summed E-state index contributed by atoms with van der Waals surface area (Å²) in [5, 5.41) is 0. The Morgan fingerprint density at radius 1 is 1.31 bits per heavy atom. The van der Waals surface area contributed by atoms with E-state index in [9.17, 15) is 9.59 Å². The molecule has 0 aromatic carbocycles. The molecule has 0 amide bonds. The summed E-state index contributed by atoms with van der Waals surface area (Å²) in [6, 6.07) is 0. The molecule has 1 aromatic heterocycles. The van der Waals surface area contributed by atoms with Gasteiger partial charge in [0.2, 0.25) is 0 Å².